The van der Waals surface area contributed by atoms with E-state index in [1.165, 1.54) is 16.9 Å². The van der Waals surface area contributed by atoms with Gasteiger partial charge in [-0.15, -0.1) is 11.3 Å². The second kappa shape index (κ2) is 9.38. The summed E-state index contributed by atoms with van der Waals surface area (Å²) in [6, 6.07) is 9.49. The summed E-state index contributed by atoms with van der Waals surface area (Å²) in [5.74, 6) is 0.0295. The van der Waals surface area contributed by atoms with E-state index in [0.29, 0.717) is 24.4 Å². The van der Waals surface area contributed by atoms with Crippen LogP contribution in [0.25, 0.3) is 10.9 Å². The highest BCUT2D eigenvalue weighted by Gasteiger charge is 2.41. The molecule has 2 aromatic heterocycles. The van der Waals surface area contributed by atoms with Crippen LogP contribution in [0.3, 0.4) is 0 Å². The van der Waals surface area contributed by atoms with Gasteiger partial charge in [-0.25, -0.2) is 13.6 Å². The Bertz CT molecular complexity index is 1300. The first-order valence-corrected chi connectivity index (χ1v) is 13.9. The molecule has 2 atom stereocenters. The number of carbonyl (C=O) groups excluding carboxylic acids is 1. The number of fused-ring (bicyclic) bond motifs is 3. The fraction of sp³-hybridized carbons (Fsp3) is 0.552. The molecule has 0 unspecified atom stereocenters. The lowest BCUT2D eigenvalue weighted by Gasteiger charge is -2.42. The van der Waals surface area contributed by atoms with Gasteiger partial charge in [0.1, 0.15) is 17.1 Å². The lowest BCUT2D eigenvalue weighted by atomic mass is 9.90. The number of hydrogen-bond donors (Lipinski definition) is 1. The molecule has 2 aliphatic heterocycles. The molecule has 2 aliphatic rings. The van der Waals surface area contributed by atoms with Crippen LogP contribution in [-0.4, -0.2) is 57.8 Å². The van der Waals surface area contributed by atoms with Crippen molar-refractivity contribution in [2.45, 2.75) is 77.7 Å². The summed E-state index contributed by atoms with van der Waals surface area (Å²) in [5.41, 5.74) is 1.26. The van der Waals surface area contributed by atoms with Gasteiger partial charge in [-0.3, -0.25) is 4.90 Å². The van der Waals surface area contributed by atoms with Crippen molar-refractivity contribution in [3.05, 3.63) is 57.2 Å². The van der Waals surface area contributed by atoms with Crippen LogP contribution in [0.5, 0.6) is 0 Å². The number of aromatic nitrogens is 1. The molecule has 1 fully saturated rings. The third kappa shape index (κ3) is 5.41. The minimum atomic E-state index is -1.41. The molecule has 1 amide bonds. The van der Waals surface area contributed by atoms with Gasteiger partial charge < -0.3 is 14.6 Å². The van der Waals surface area contributed by atoms with Crippen LogP contribution in [0.4, 0.5) is 13.6 Å². The predicted octanol–water partition coefficient (Wildman–Crippen LogP) is 6.86. The molecule has 5 nitrogen and oxygen atoms in total. The molecule has 0 bridgehead atoms. The van der Waals surface area contributed by atoms with Crippen LogP contribution < -0.4 is 0 Å². The van der Waals surface area contributed by atoms with Crippen LogP contribution >= 0.6 is 11.3 Å². The normalized spacial score (nSPS) is 21.2. The summed E-state index contributed by atoms with van der Waals surface area (Å²) in [6.45, 7) is 12.3. The minimum Gasteiger partial charge on any atom is -0.444 e. The van der Waals surface area contributed by atoms with Crippen molar-refractivity contribution in [1.82, 2.24) is 14.8 Å². The van der Waals surface area contributed by atoms with E-state index in [-0.39, 0.29) is 36.5 Å². The van der Waals surface area contributed by atoms with Gasteiger partial charge in [0.05, 0.1) is 10.9 Å². The van der Waals surface area contributed by atoms with Crippen molar-refractivity contribution < 1.29 is 18.3 Å². The van der Waals surface area contributed by atoms with E-state index in [1.807, 2.05) is 39.0 Å². The molecule has 1 N–H and O–H groups in total. The summed E-state index contributed by atoms with van der Waals surface area (Å²) < 4.78 is 36.1. The minimum absolute atomic E-state index is 0.0608. The molecule has 0 saturated carbocycles. The molecular weight excluding hydrogens is 492 g/mol. The van der Waals surface area contributed by atoms with Crippen molar-refractivity contribution >= 4 is 28.3 Å². The zero-order valence-electron chi connectivity index (χ0n) is 22.5. The first kappa shape index (κ1) is 26.2. The van der Waals surface area contributed by atoms with E-state index in [0.717, 1.165) is 27.9 Å². The number of thiophene rings is 1. The molecule has 1 aromatic carbocycles. The second-order valence-electron chi connectivity index (χ2n) is 12.3. The molecular formula is C29H37F2N3O2S. The lowest BCUT2D eigenvalue weighted by molar-refractivity contribution is -0.000785. The number of nitrogens with one attached hydrogen (secondary N) is 1. The smallest absolute Gasteiger partial charge is 0.410 e. The van der Waals surface area contributed by atoms with Crippen molar-refractivity contribution in [2.24, 2.45) is 5.92 Å². The standard InChI is InChI=1S/C29H37F2N3O2S/c1-17-11-21-20-9-7-8-10-23(20)32-24(21)25(34(17)16-29(5,6)31)26-22(30)13-19(37-26)12-18-14-33(15-18)27(35)36-28(2,3)4/h7-10,13,17-18,25,32H,11-12,14-16H2,1-6H3/t17-,25+/m1/s1. The quantitative estimate of drug-likeness (QED) is 0.393. The number of alkyl halides is 1. The average molecular weight is 530 g/mol. The number of likely N-dealkylation sites (tertiary alicyclic amines) is 1. The Hall–Kier alpha value is -2.45. The van der Waals surface area contributed by atoms with Crippen molar-refractivity contribution in [2.75, 3.05) is 19.6 Å². The number of halogens is 2. The van der Waals surface area contributed by atoms with Crippen molar-refractivity contribution in [1.29, 1.82) is 0 Å². The number of rotatable bonds is 5. The molecule has 1 saturated heterocycles. The molecule has 200 valence electrons. The molecule has 4 heterocycles. The monoisotopic (exact) mass is 529 g/mol. The number of benzene rings is 1. The zero-order chi connectivity index (χ0) is 26.7. The Labute approximate surface area is 221 Å². The number of para-hydroxylation sites is 1. The first-order valence-electron chi connectivity index (χ1n) is 13.1. The van der Waals surface area contributed by atoms with Crippen LogP contribution in [0.1, 0.15) is 68.6 Å². The summed E-state index contributed by atoms with van der Waals surface area (Å²) in [4.78, 5) is 21.2. The molecule has 0 spiro atoms. The largest absolute Gasteiger partial charge is 0.444 e. The van der Waals surface area contributed by atoms with Gasteiger partial charge in [0.2, 0.25) is 0 Å². The second-order valence-corrected chi connectivity index (χ2v) is 13.5. The van der Waals surface area contributed by atoms with Crippen molar-refractivity contribution in [3.8, 4) is 0 Å². The summed E-state index contributed by atoms with van der Waals surface area (Å²) in [7, 11) is 0. The van der Waals surface area contributed by atoms with E-state index >= 15 is 4.39 Å². The van der Waals surface area contributed by atoms with E-state index in [1.54, 1.807) is 24.8 Å². The van der Waals surface area contributed by atoms with Crippen LogP contribution in [0.15, 0.2) is 30.3 Å². The van der Waals surface area contributed by atoms with Crippen molar-refractivity contribution in [3.63, 3.8) is 0 Å². The number of aromatic amines is 1. The molecule has 0 aliphatic carbocycles. The molecule has 3 aromatic rings. The fourth-order valence-electron chi connectivity index (χ4n) is 5.65. The van der Waals surface area contributed by atoms with E-state index < -0.39 is 11.3 Å². The third-order valence-corrected chi connectivity index (χ3v) is 8.37. The molecule has 8 heteroatoms. The number of nitrogens with zero attached hydrogens (tertiary/aromatic N) is 2. The summed E-state index contributed by atoms with van der Waals surface area (Å²) >= 11 is 1.47. The maximum Gasteiger partial charge on any atom is 0.410 e. The van der Waals surface area contributed by atoms with Gasteiger partial charge in [-0.1, -0.05) is 18.2 Å². The van der Waals surface area contributed by atoms with Gasteiger partial charge in [-0.2, -0.15) is 0 Å². The fourth-order valence-corrected chi connectivity index (χ4v) is 6.93. The number of ether oxygens (including phenoxy) is 1. The van der Waals surface area contributed by atoms with Crippen LogP contribution in [0.2, 0.25) is 0 Å². The summed E-state index contributed by atoms with van der Waals surface area (Å²) in [5, 5.41) is 1.15. The molecule has 5 rings (SSSR count). The maximum absolute atomic E-state index is 15.6. The first-order chi connectivity index (χ1) is 17.3. The van der Waals surface area contributed by atoms with Gasteiger partial charge in [0, 0.05) is 47.2 Å². The lowest BCUT2D eigenvalue weighted by Crippen LogP contribution is -2.52. The van der Waals surface area contributed by atoms with E-state index in [2.05, 4.69) is 22.9 Å². The Morgan fingerprint density at radius 1 is 1.19 bits per heavy atom. The molecule has 37 heavy (non-hydrogen) atoms. The Balaban J connectivity index is 1.41. The third-order valence-electron chi connectivity index (χ3n) is 7.19. The average Bonchev–Trinajstić information content (AvgIpc) is 3.28. The highest BCUT2D eigenvalue weighted by atomic mass is 32.1. The topological polar surface area (TPSA) is 48.6 Å². The van der Waals surface area contributed by atoms with Gasteiger partial charge in [-0.05, 0) is 78.0 Å². The number of carbonyl (C=O) groups is 1. The highest BCUT2D eigenvalue weighted by molar-refractivity contribution is 7.12. The number of hydrogen-bond acceptors (Lipinski definition) is 4. The predicted molar refractivity (Wildman–Crippen MR) is 144 cm³/mol. The molecule has 0 radical (unpaired) electrons. The highest BCUT2D eigenvalue weighted by Crippen LogP contribution is 2.45. The Morgan fingerprint density at radius 3 is 2.57 bits per heavy atom. The number of amides is 1. The van der Waals surface area contributed by atoms with Gasteiger partial charge in [0.25, 0.3) is 0 Å². The Kier molecular flexibility index (Phi) is 6.64. The SMILES string of the molecule is C[C@@H]1Cc2c([nH]c3ccccc23)[C@@H](c2sc(CC3CN(C(=O)OC(C)(C)C)C3)cc2F)N1CC(C)(C)F. The van der Waals surface area contributed by atoms with Gasteiger partial charge >= 0.3 is 6.09 Å². The van der Waals surface area contributed by atoms with Gasteiger partial charge in [0.15, 0.2) is 0 Å². The summed E-state index contributed by atoms with van der Waals surface area (Å²) in [6.07, 6.45) is 1.19. The van der Waals surface area contributed by atoms with Crippen LogP contribution in [-0.2, 0) is 17.6 Å². The van der Waals surface area contributed by atoms with Crippen LogP contribution in [0, 0.1) is 11.7 Å². The number of H-pyrrole nitrogens is 1. The van der Waals surface area contributed by atoms with E-state index in [9.17, 15) is 9.18 Å². The zero-order valence-corrected chi connectivity index (χ0v) is 23.3. The van der Waals surface area contributed by atoms with E-state index in [4.69, 9.17) is 4.74 Å². The maximum atomic E-state index is 15.6. The Morgan fingerprint density at radius 2 is 1.89 bits per heavy atom.